The molecule has 0 amide bonds. The Balaban J connectivity index is 2.67. The van der Waals surface area contributed by atoms with Crippen molar-refractivity contribution < 1.29 is 9.90 Å². The predicted octanol–water partition coefficient (Wildman–Crippen LogP) is 2.78. The normalized spacial score (nSPS) is 11.5. The number of aromatic carboxylic acids is 1. The van der Waals surface area contributed by atoms with Gasteiger partial charge in [-0.15, -0.1) is 11.3 Å². The summed E-state index contributed by atoms with van der Waals surface area (Å²) in [5, 5.41) is 9.18. The maximum absolute atomic E-state index is 11.2. The zero-order valence-corrected chi connectivity index (χ0v) is 10.3. The van der Waals surface area contributed by atoms with Crippen molar-refractivity contribution in [1.82, 2.24) is 9.38 Å². The van der Waals surface area contributed by atoms with Gasteiger partial charge in [-0.3, -0.25) is 4.40 Å². The predicted molar refractivity (Wildman–Crippen MR) is 63.5 cm³/mol. The number of hydrogen-bond donors (Lipinski definition) is 1. The Hall–Kier alpha value is -1.36. The van der Waals surface area contributed by atoms with Crippen molar-refractivity contribution in [3.63, 3.8) is 0 Å². The molecule has 0 aromatic carbocycles. The quantitative estimate of drug-likeness (QED) is 0.894. The SMILES string of the molecule is CCc1nc2sc(C(C)C)cn2c1C(=O)O. The summed E-state index contributed by atoms with van der Waals surface area (Å²) < 4.78 is 1.70. The molecule has 0 atom stereocenters. The molecule has 0 unspecified atom stereocenters. The van der Waals surface area contributed by atoms with Crippen molar-refractivity contribution in [1.29, 1.82) is 0 Å². The number of carboxylic acids is 1. The molecule has 0 aliphatic carbocycles. The molecule has 0 aliphatic heterocycles. The Bertz CT molecular complexity index is 539. The van der Waals surface area contributed by atoms with Gasteiger partial charge in [0.15, 0.2) is 10.7 Å². The summed E-state index contributed by atoms with van der Waals surface area (Å²) in [6, 6.07) is 0. The average molecular weight is 238 g/mol. The van der Waals surface area contributed by atoms with E-state index in [1.807, 2.05) is 13.1 Å². The highest BCUT2D eigenvalue weighted by atomic mass is 32.1. The first kappa shape index (κ1) is 11.1. The summed E-state index contributed by atoms with van der Waals surface area (Å²) in [4.78, 5) is 17.5. The molecule has 4 nitrogen and oxygen atoms in total. The highest BCUT2D eigenvalue weighted by molar-refractivity contribution is 7.17. The summed E-state index contributed by atoms with van der Waals surface area (Å²) in [5.74, 6) is -0.504. The zero-order chi connectivity index (χ0) is 11.9. The topological polar surface area (TPSA) is 54.6 Å². The third kappa shape index (κ3) is 1.61. The third-order valence-electron chi connectivity index (χ3n) is 2.52. The third-order valence-corrected chi connectivity index (χ3v) is 3.81. The van der Waals surface area contributed by atoms with E-state index >= 15 is 0 Å². The minimum Gasteiger partial charge on any atom is -0.477 e. The van der Waals surface area contributed by atoms with Gasteiger partial charge in [-0.25, -0.2) is 9.78 Å². The smallest absolute Gasteiger partial charge is 0.354 e. The molecule has 2 aromatic rings. The van der Waals surface area contributed by atoms with Crippen LogP contribution in [0.25, 0.3) is 4.96 Å². The van der Waals surface area contributed by atoms with E-state index in [1.54, 1.807) is 15.7 Å². The molecule has 5 heteroatoms. The Kier molecular flexibility index (Phi) is 2.71. The molecular formula is C11H14N2O2S. The van der Waals surface area contributed by atoms with Crippen LogP contribution in [0, 0.1) is 0 Å². The van der Waals surface area contributed by atoms with Gasteiger partial charge in [0.25, 0.3) is 0 Å². The van der Waals surface area contributed by atoms with Crippen LogP contribution >= 0.6 is 11.3 Å². The number of hydrogen-bond acceptors (Lipinski definition) is 3. The van der Waals surface area contributed by atoms with Gasteiger partial charge in [-0.1, -0.05) is 20.8 Å². The van der Waals surface area contributed by atoms with Gasteiger partial charge in [0.1, 0.15) is 0 Å². The van der Waals surface area contributed by atoms with Gasteiger partial charge in [-0.2, -0.15) is 0 Å². The first-order chi connectivity index (χ1) is 7.54. The van der Waals surface area contributed by atoms with Crippen LogP contribution in [0.3, 0.4) is 0 Å². The second-order valence-electron chi connectivity index (χ2n) is 4.01. The summed E-state index contributed by atoms with van der Waals surface area (Å²) in [6.45, 7) is 6.10. The van der Waals surface area contributed by atoms with E-state index < -0.39 is 5.97 Å². The molecular weight excluding hydrogens is 224 g/mol. The Labute approximate surface area is 97.6 Å². The zero-order valence-electron chi connectivity index (χ0n) is 9.52. The minimum atomic E-state index is -0.905. The number of carboxylic acid groups (broad SMARTS) is 1. The summed E-state index contributed by atoms with van der Waals surface area (Å²) in [6.07, 6.45) is 2.54. The van der Waals surface area contributed by atoms with Crippen LogP contribution in [0.1, 0.15) is 47.7 Å². The molecule has 2 rings (SSSR count). The number of thiazole rings is 1. The lowest BCUT2D eigenvalue weighted by Gasteiger charge is -1.98. The largest absolute Gasteiger partial charge is 0.477 e. The van der Waals surface area contributed by atoms with Crippen LogP contribution in [0.15, 0.2) is 6.20 Å². The van der Waals surface area contributed by atoms with Gasteiger partial charge >= 0.3 is 5.97 Å². The fourth-order valence-corrected chi connectivity index (χ4v) is 2.65. The molecule has 0 radical (unpaired) electrons. The summed E-state index contributed by atoms with van der Waals surface area (Å²) in [5.41, 5.74) is 0.967. The molecule has 0 aliphatic rings. The molecule has 1 N–H and O–H groups in total. The van der Waals surface area contributed by atoms with E-state index in [0.29, 0.717) is 23.7 Å². The molecule has 2 aromatic heterocycles. The fourth-order valence-electron chi connectivity index (χ4n) is 1.65. The van der Waals surface area contributed by atoms with Crippen molar-refractivity contribution in [3.05, 3.63) is 22.5 Å². The highest BCUT2D eigenvalue weighted by Crippen LogP contribution is 2.27. The molecule has 0 fully saturated rings. The van der Waals surface area contributed by atoms with Crippen molar-refractivity contribution >= 4 is 22.3 Å². The number of rotatable bonds is 3. The molecule has 16 heavy (non-hydrogen) atoms. The number of aryl methyl sites for hydroxylation is 1. The van der Waals surface area contributed by atoms with Crippen LogP contribution in [-0.4, -0.2) is 20.5 Å². The molecule has 0 bridgehead atoms. The monoisotopic (exact) mass is 238 g/mol. The van der Waals surface area contributed by atoms with E-state index in [9.17, 15) is 9.90 Å². The lowest BCUT2D eigenvalue weighted by molar-refractivity contribution is 0.0688. The Morgan fingerprint density at radius 2 is 2.31 bits per heavy atom. The van der Waals surface area contributed by atoms with Gasteiger partial charge in [0, 0.05) is 11.1 Å². The average Bonchev–Trinajstić information content (AvgIpc) is 2.71. The van der Waals surface area contributed by atoms with Gasteiger partial charge in [0.05, 0.1) is 5.69 Å². The fraction of sp³-hybridized carbons (Fsp3) is 0.455. The Morgan fingerprint density at radius 3 is 2.81 bits per heavy atom. The van der Waals surface area contributed by atoms with E-state index in [1.165, 1.54) is 0 Å². The summed E-state index contributed by atoms with van der Waals surface area (Å²) >= 11 is 1.56. The lowest BCUT2D eigenvalue weighted by atomic mass is 10.2. The van der Waals surface area contributed by atoms with Crippen molar-refractivity contribution in [2.45, 2.75) is 33.1 Å². The van der Waals surface area contributed by atoms with Gasteiger partial charge in [-0.05, 0) is 12.3 Å². The highest BCUT2D eigenvalue weighted by Gasteiger charge is 2.19. The van der Waals surface area contributed by atoms with Crippen LogP contribution in [0.4, 0.5) is 0 Å². The molecule has 86 valence electrons. The lowest BCUT2D eigenvalue weighted by Crippen LogP contribution is -2.04. The number of nitrogens with zero attached hydrogens (tertiary/aromatic N) is 2. The maximum atomic E-state index is 11.2. The standard InChI is InChI=1S/C11H14N2O2S/c1-4-7-9(10(14)15)13-5-8(6(2)3)16-11(13)12-7/h5-6H,4H2,1-3H3,(H,14,15). The van der Waals surface area contributed by atoms with E-state index in [4.69, 9.17) is 0 Å². The van der Waals surface area contributed by atoms with Crippen LogP contribution in [0.2, 0.25) is 0 Å². The van der Waals surface area contributed by atoms with E-state index in [2.05, 4.69) is 18.8 Å². The second kappa shape index (κ2) is 3.90. The molecule has 0 saturated carbocycles. The molecule has 2 heterocycles. The first-order valence-corrected chi connectivity index (χ1v) is 6.10. The number of aromatic nitrogens is 2. The number of fused-ring (bicyclic) bond motifs is 1. The summed E-state index contributed by atoms with van der Waals surface area (Å²) in [7, 11) is 0. The molecule has 0 saturated heterocycles. The van der Waals surface area contributed by atoms with Crippen molar-refractivity contribution in [3.8, 4) is 0 Å². The van der Waals surface area contributed by atoms with Gasteiger partial charge < -0.3 is 5.11 Å². The first-order valence-electron chi connectivity index (χ1n) is 5.28. The van der Waals surface area contributed by atoms with E-state index in [0.717, 1.165) is 9.84 Å². The molecule has 0 spiro atoms. The maximum Gasteiger partial charge on any atom is 0.354 e. The second-order valence-corrected chi connectivity index (χ2v) is 5.05. The van der Waals surface area contributed by atoms with Crippen molar-refractivity contribution in [2.75, 3.05) is 0 Å². The van der Waals surface area contributed by atoms with Crippen LogP contribution in [0.5, 0.6) is 0 Å². The van der Waals surface area contributed by atoms with Crippen molar-refractivity contribution in [2.24, 2.45) is 0 Å². The Morgan fingerprint density at radius 1 is 1.62 bits per heavy atom. The van der Waals surface area contributed by atoms with E-state index in [-0.39, 0.29) is 0 Å². The van der Waals surface area contributed by atoms with Crippen LogP contribution < -0.4 is 0 Å². The minimum absolute atomic E-state index is 0.306. The van der Waals surface area contributed by atoms with Gasteiger partial charge in [0.2, 0.25) is 0 Å². The number of imidazole rings is 1. The number of carbonyl (C=O) groups is 1. The van der Waals surface area contributed by atoms with Crippen LogP contribution in [-0.2, 0) is 6.42 Å².